The number of benzene rings is 1. The van der Waals surface area contributed by atoms with Crippen LogP contribution in [-0.4, -0.2) is 49.1 Å². The van der Waals surface area contributed by atoms with Gasteiger partial charge >= 0.3 is 0 Å². The average Bonchev–Trinajstić information content (AvgIpc) is 2.65. The van der Waals surface area contributed by atoms with Crippen molar-refractivity contribution in [2.24, 2.45) is 0 Å². The van der Waals surface area contributed by atoms with E-state index in [0.29, 0.717) is 22.3 Å². The number of thiocarbonyl (C=S) groups is 1. The summed E-state index contributed by atoms with van der Waals surface area (Å²) in [5.74, 6) is 1.23. The lowest BCUT2D eigenvalue weighted by Crippen LogP contribution is -2.26. The summed E-state index contributed by atoms with van der Waals surface area (Å²) in [7, 11) is 6.60. The molecule has 1 fully saturated rings. The minimum Gasteiger partial charge on any atom is -0.497 e. The third-order valence-corrected chi connectivity index (χ3v) is 3.74. The quantitative estimate of drug-likeness (QED) is 0.627. The van der Waals surface area contributed by atoms with Crippen molar-refractivity contribution in [1.29, 1.82) is 0 Å². The normalized spacial score (nSPS) is 17.1. The molecule has 1 aromatic carbocycles. The second kappa shape index (κ2) is 5.50. The van der Waals surface area contributed by atoms with E-state index < -0.39 is 0 Å². The predicted molar refractivity (Wildman–Crippen MR) is 80.7 cm³/mol. The van der Waals surface area contributed by atoms with Gasteiger partial charge in [0.1, 0.15) is 17.2 Å². The maximum Gasteiger partial charge on any atom is 0.276 e. The van der Waals surface area contributed by atoms with Crippen molar-refractivity contribution in [3.8, 4) is 11.5 Å². The molecule has 0 spiro atoms. The SMILES string of the molecule is COc1ccc(OC)c(/C=C2/C(=O)N(C)C(=S)N2C)c1. The lowest BCUT2D eigenvalue weighted by atomic mass is 10.1. The molecule has 6 heteroatoms. The first-order valence-electron chi connectivity index (χ1n) is 5.99. The lowest BCUT2D eigenvalue weighted by Gasteiger charge is -2.12. The number of rotatable bonds is 3. The maximum absolute atomic E-state index is 12.1. The first-order valence-corrected chi connectivity index (χ1v) is 6.40. The molecule has 0 atom stereocenters. The van der Waals surface area contributed by atoms with Gasteiger partial charge in [-0.3, -0.25) is 9.69 Å². The summed E-state index contributed by atoms with van der Waals surface area (Å²) in [5.41, 5.74) is 1.27. The van der Waals surface area contributed by atoms with Crippen LogP contribution in [-0.2, 0) is 4.79 Å². The van der Waals surface area contributed by atoms with Crippen molar-refractivity contribution in [1.82, 2.24) is 9.80 Å². The molecule has 1 amide bonds. The molecule has 0 unspecified atom stereocenters. The van der Waals surface area contributed by atoms with Crippen LogP contribution in [0.5, 0.6) is 11.5 Å². The summed E-state index contributed by atoms with van der Waals surface area (Å²) >= 11 is 5.18. The van der Waals surface area contributed by atoms with E-state index >= 15 is 0 Å². The second-order valence-electron chi connectivity index (χ2n) is 4.34. The van der Waals surface area contributed by atoms with Crippen LogP contribution in [0.4, 0.5) is 0 Å². The number of hydrogen-bond acceptors (Lipinski definition) is 4. The Morgan fingerprint density at radius 2 is 1.85 bits per heavy atom. The number of nitrogens with zero attached hydrogens (tertiary/aromatic N) is 2. The third kappa shape index (κ3) is 2.34. The van der Waals surface area contributed by atoms with Crippen LogP contribution in [0.15, 0.2) is 23.9 Å². The molecule has 1 saturated heterocycles. The van der Waals surface area contributed by atoms with Crippen molar-refractivity contribution in [2.75, 3.05) is 28.3 Å². The number of hydrogen-bond donors (Lipinski definition) is 0. The van der Waals surface area contributed by atoms with E-state index in [1.807, 2.05) is 6.07 Å². The summed E-state index contributed by atoms with van der Waals surface area (Å²) in [5, 5.41) is 0.475. The molecule has 1 heterocycles. The zero-order valence-corrected chi connectivity index (χ0v) is 12.7. The van der Waals surface area contributed by atoms with Crippen molar-refractivity contribution >= 4 is 29.3 Å². The molecule has 1 aliphatic rings. The van der Waals surface area contributed by atoms with Gasteiger partial charge in [-0.2, -0.15) is 0 Å². The van der Waals surface area contributed by atoms with Gasteiger partial charge in [-0.25, -0.2) is 0 Å². The van der Waals surface area contributed by atoms with E-state index in [1.165, 1.54) is 4.90 Å². The zero-order chi connectivity index (χ0) is 14.9. The van der Waals surface area contributed by atoms with Crippen molar-refractivity contribution in [3.63, 3.8) is 0 Å². The van der Waals surface area contributed by atoms with Crippen LogP contribution in [0.2, 0.25) is 0 Å². The first-order chi connectivity index (χ1) is 9.49. The molecule has 0 radical (unpaired) electrons. The monoisotopic (exact) mass is 292 g/mol. The van der Waals surface area contributed by atoms with E-state index in [4.69, 9.17) is 21.7 Å². The molecule has 106 valence electrons. The summed E-state index contributed by atoms with van der Waals surface area (Å²) in [6.45, 7) is 0. The number of carbonyl (C=O) groups is 1. The Morgan fingerprint density at radius 1 is 1.15 bits per heavy atom. The molecule has 0 N–H and O–H groups in total. The minimum absolute atomic E-state index is 0.137. The molecule has 0 aromatic heterocycles. The van der Waals surface area contributed by atoms with Crippen LogP contribution >= 0.6 is 12.2 Å². The molecule has 0 saturated carbocycles. The lowest BCUT2D eigenvalue weighted by molar-refractivity contribution is -0.121. The first kappa shape index (κ1) is 14.3. The summed E-state index contributed by atoms with van der Waals surface area (Å²) < 4.78 is 10.5. The molecule has 1 aromatic rings. The molecule has 5 nitrogen and oxygen atoms in total. The Bertz CT molecular complexity index is 598. The smallest absolute Gasteiger partial charge is 0.276 e. The molecule has 0 bridgehead atoms. The van der Waals surface area contributed by atoms with Gasteiger partial charge in [-0.15, -0.1) is 0 Å². The Kier molecular flexibility index (Phi) is 3.94. The topological polar surface area (TPSA) is 42.0 Å². The van der Waals surface area contributed by atoms with Gasteiger partial charge in [0.2, 0.25) is 0 Å². The van der Waals surface area contributed by atoms with E-state index in [-0.39, 0.29) is 5.91 Å². The standard InChI is InChI=1S/C14H16N2O3S/c1-15-11(13(17)16(2)14(15)20)8-9-7-10(18-3)5-6-12(9)19-4/h5-8H,1-4H3/b11-8-. The fourth-order valence-electron chi connectivity index (χ4n) is 1.99. The van der Waals surface area contributed by atoms with Gasteiger partial charge in [-0.05, 0) is 36.5 Å². The Labute approximate surface area is 123 Å². The Morgan fingerprint density at radius 3 is 2.35 bits per heavy atom. The second-order valence-corrected chi connectivity index (χ2v) is 4.71. The van der Waals surface area contributed by atoms with Crippen molar-refractivity contribution in [3.05, 3.63) is 29.5 Å². The molecular formula is C14H16N2O3S. The van der Waals surface area contributed by atoms with E-state index in [9.17, 15) is 4.79 Å². The van der Waals surface area contributed by atoms with Crippen LogP contribution in [0.1, 0.15) is 5.56 Å². The molecule has 1 aliphatic heterocycles. The number of likely N-dealkylation sites (N-methyl/N-ethyl adjacent to an activating group) is 2. The van der Waals surface area contributed by atoms with Crippen molar-refractivity contribution < 1.29 is 14.3 Å². The van der Waals surface area contributed by atoms with E-state index in [1.54, 1.807) is 51.4 Å². The minimum atomic E-state index is -0.137. The Balaban J connectivity index is 2.49. The number of amides is 1. The number of carbonyl (C=O) groups excluding carboxylic acids is 1. The van der Waals surface area contributed by atoms with Crippen LogP contribution in [0.3, 0.4) is 0 Å². The maximum atomic E-state index is 12.1. The highest BCUT2D eigenvalue weighted by Crippen LogP contribution is 2.28. The fourth-order valence-corrected chi connectivity index (χ4v) is 2.17. The van der Waals surface area contributed by atoms with Gasteiger partial charge in [0.15, 0.2) is 5.11 Å². The third-order valence-electron chi connectivity index (χ3n) is 3.19. The molecule has 20 heavy (non-hydrogen) atoms. The highest BCUT2D eigenvalue weighted by Gasteiger charge is 2.32. The number of ether oxygens (including phenoxy) is 2. The summed E-state index contributed by atoms with van der Waals surface area (Å²) in [4.78, 5) is 15.3. The number of methoxy groups -OCH3 is 2. The zero-order valence-electron chi connectivity index (χ0n) is 11.8. The largest absolute Gasteiger partial charge is 0.497 e. The highest BCUT2D eigenvalue weighted by molar-refractivity contribution is 7.80. The Hall–Kier alpha value is -2.08. The molecule has 0 aliphatic carbocycles. The van der Waals surface area contributed by atoms with E-state index in [0.717, 1.165) is 5.56 Å². The van der Waals surface area contributed by atoms with Gasteiger partial charge < -0.3 is 14.4 Å². The van der Waals surface area contributed by atoms with Gasteiger partial charge in [-0.1, -0.05) is 0 Å². The van der Waals surface area contributed by atoms with E-state index in [2.05, 4.69) is 0 Å². The highest BCUT2D eigenvalue weighted by atomic mass is 32.1. The summed E-state index contributed by atoms with van der Waals surface area (Å²) in [6, 6.07) is 5.42. The molecule has 2 rings (SSSR count). The molecular weight excluding hydrogens is 276 g/mol. The van der Waals surface area contributed by atoms with Crippen LogP contribution < -0.4 is 9.47 Å². The van der Waals surface area contributed by atoms with Crippen molar-refractivity contribution in [2.45, 2.75) is 0 Å². The van der Waals surface area contributed by atoms with Gasteiger partial charge in [0.05, 0.1) is 14.2 Å². The van der Waals surface area contributed by atoms with Gasteiger partial charge in [0, 0.05) is 19.7 Å². The fraction of sp³-hybridized carbons (Fsp3) is 0.286. The average molecular weight is 292 g/mol. The van der Waals surface area contributed by atoms with Crippen LogP contribution in [0.25, 0.3) is 6.08 Å². The summed E-state index contributed by atoms with van der Waals surface area (Å²) in [6.07, 6.45) is 1.75. The van der Waals surface area contributed by atoms with Crippen LogP contribution in [0, 0.1) is 0 Å². The van der Waals surface area contributed by atoms with Gasteiger partial charge in [0.25, 0.3) is 5.91 Å². The predicted octanol–water partition coefficient (Wildman–Crippen LogP) is 1.73.